The first-order valence-electron chi connectivity index (χ1n) is 3.71. The summed E-state index contributed by atoms with van der Waals surface area (Å²) in [4.78, 5) is 10.8. The molecule has 1 unspecified atom stereocenters. The summed E-state index contributed by atoms with van der Waals surface area (Å²) in [5, 5.41) is 0. The van der Waals surface area contributed by atoms with Crippen molar-refractivity contribution in [3.63, 3.8) is 0 Å². The zero-order chi connectivity index (χ0) is 8.15. The molecular weight excluding hydrogens is 124 g/mol. The van der Waals surface area contributed by atoms with Crippen molar-refractivity contribution in [2.45, 2.75) is 27.2 Å². The Labute approximate surface area is 63.1 Å². The Kier molecular flexibility index (Phi) is 4.01. The van der Waals surface area contributed by atoms with Gasteiger partial charge in [-0.05, 0) is 19.3 Å². The minimum atomic E-state index is 0.0694. The number of allylic oxidation sites excluding steroid dienone is 1. The number of Topliss-reactive ketones (excluding diaryl/α,β-unsaturated/α-hetero) is 1. The molecule has 58 valence electrons. The number of carbonyl (C=O) groups is 1. The van der Waals surface area contributed by atoms with Crippen LogP contribution in [0.1, 0.15) is 27.2 Å². The van der Waals surface area contributed by atoms with Crippen LogP contribution in [-0.4, -0.2) is 5.78 Å². The van der Waals surface area contributed by atoms with Gasteiger partial charge in [-0.15, -0.1) is 6.58 Å². The van der Waals surface area contributed by atoms with Crippen LogP contribution >= 0.6 is 0 Å². The lowest BCUT2D eigenvalue weighted by molar-refractivity contribution is -0.119. The molecule has 0 saturated carbocycles. The summed E-state index contributed by atoms with van der Waals surface area (Å²) in [5.74, 6) is 0.871. The Bertz CT molecular complexity index is 125. The molecule has 0 bridgehead atoms. The van der Waals surface area contributed by atoms with E-state index in [4.69, 9.17) is 0 Å². The third-order valence-corrected chi connectivity index (χ3v) is 1.53. The molecule has 1 heteroatoms. The zero-order valence-corrected chi connectivity index (χ0v) is 7.05. The van der Waals surface area contributed by atoms with Crippen molar-refractivity contribution in [1.29, 1.82) is 0 Å². The van der Waals surface area contributed by atoms with Crippen LogP contribution in [0.5, 0.6) is 0 Å². The molecule has 0 aliphatic carbocycles. The van der Waals surface area contributed by atoms with Crippen LogP contribution < -0.4 is 0 Å². The van der Waals surface area contributed by atoms with Crippen LogP contribution in [0.2, 0.25) is 0 Å². The number of ketones is 1. The van der Waals surface area contributed by atoms with Crippen molar-refractivity contribution in [3.8, 4) is 0 Å². The fraction of sp³-hybridized carbons (Fsp3) is 0.667. The van der Waals surface area contributed by atoms with Crippen molar-refractivity contribution in [1.82, 2.24) is 0 Å². The van der Waals surface area contributed by atoms with Gasteiger partial charge in [0.05, 0.1) is 0 Å². The second-order valence-corrected chi connectivity index (χ2v) is 3.08. The summed E-state index contributed by atoms with van der Waals surface area (Å²) in [5.41, 5.74) is 0. The van der Waals surface area contributed by atoms with Crippen LogP contribution in [0, 0.1) is 11.8 Å². The van der Waals surface area contributed by atoms with E-state index in [1.165, 1.54) is 0 Å². The molecule has 0 aliphatic heterocycles. The normalized spacial score (nSPS) is 13.2. The maximum absolute atomic E-state index is 10.8. The van der Waals surface area contributed by atoms with E-state index in [0.717, 1.165) is 6.42 Å². The van der Waals surface area contributed by atoms with E-state index < -0.39 is 0 Å². The van der Waals surface area contributed by atoms with Crippen molar-refractivity contribution in [3.05, 3.63) is 12.7 Å². The third-order valence-electron chi connectivity index (χ3n) is 1.53. The maximum Gasteiger partial charge on any atom is 0.136 e. The zero-order valence-electron chi connectivity index (χ0n) is 7.05. The van der Waals surface area contributed by atoms with Crippen molar-refractivity contribution in [2.75, 3.05) is 0 Å². The van der Waals surface area contributed by atoms with Gasteiger partial charge in [0, 0.05) is 5.92 Å². The predicted molar refractivity (Wildman–Crippen MR) is 43.8 cm³/mol. The standard InChI is InChI=1S/C9H16O/c1-5-9(8(4)10)6-7(2)3/h5,7,9H,1,6H2,2-4H3. The quantitative estimate of drug-likeness (QED) is 0.548. The van der Waals surface area contributed by atoms with Gasteiger partial charge in [-0.3, -0.25) is 4.79 Å². The van der Waals surface area contributed by atoms with Gasteiger partial charge < -0.3 is 0 Å². The van der Waals surface area contributed by atoms with E-state index in [0.29, 0.717) is 5.92 Å². The van der Waals surface area contributed by atoms with Crippen LogP contribution in [0.25, 0.3) is 0 Å². The molecule has 0 fully saturated rings. The fourth-order valence-corrected chi connectivity index (χ4v) is 0.936. The first-order valence-corrected chi connectivity index (χ1v) is 3.71. The highest BCUT2D eigenvalue weighted by Gasteiger charge is 2.10. The summed E-state index contributed by atoms with van der Waals surface area (Å²) in [7, 11) is 0. The summed E-state index contributed by atoms with van der Waals surface area (Å²) in [6, 6.07) is 0. The topological polar surface area (TPSA) is 17.1 Å². The summed E-state index contributed by atoms with van der Waals surface area (Å²) in [6.45, 7) is 9.46. The molecule has 0 radical (unpaired) electrons. The Morgan fingerprint density at radius 2 is 2.10 bits per heavy atom. The number of hydrogen-bond donors (Lipinski definition) is 0. The monoisotopic (exact) mass is 140 g/mol. The highest BCUT2D eigenvalue weighted by atomic mass is 16.1. The average molecular weight is 140 g/mol. The molecule has 0 rings (SSSR count). The summed E-state index contributed by atoms with van der Waals surface area (Å²) >= 11 is 0. The lowest BCUT2D eigenvalue weighted by atomic mass is 9.94. The summed E-state index contributed by atoms with van der Waals surface area (Å²) in [6.07, 6.45) is 2.67. The Balaban J connectivity index is 3.83. The van der Waals surface area contributed by atoms with Crippen molar-refractivity contribution < 1.29 is 4.79 Å². The van der Waals surface area contributed by atoms with Crippen LogP contribution in [0.3, 0.4) is 0 Å². The summed E-state index contributed by atoms with van der Waals surface area (Å²) < 4.78 is 0. The predicted octanol–water partition coefficient (Wildman–Crippen LogP) is 2.42. The minimum absolute atomic E-state index is 0.0694. The van der Waals surface area contributed by atoms with Crippen molar-refractivity contribution >= 4 is 5.78 Å². The lowest BCUT2D eigenvalue weighted by Crippen LogP contribution is -2.10. The van der Waals surface area contributed by atoms with Crippen LogP contribution in [0.4, 0.5) is 0 Å². The van der Waals surface area contributed by atoms with Gasteiger partial charge in [-0.25, -0.2) is 0 Å². The lowest BCUT2D eigenvalue weighted by Gasteiger charge is -2.10. The molecule has 0 aromatic rings. The molecular formula is C9H16O. The van der Waals surface area contributed by atoms with Crippen molar-refractivity contribution in [2.24, 2.45) is 11.8 Å². The maximum atomic E-state index is 10.8. The van der Waals surface area contributed by atoms with Crippen LogP contribution in [0.15, 0.2) is 12.7 Å². The molecule has 0 heterocycles. The van der Waals surface area contributed by atoms with Gasteiger partial charge in [0.15, 0.2) is 0 Å². The molecule has 0 spiro atoms. The highest BCUT2D eigenvalue weighted by Crippen LogP contribution is 2.12. The number of carbonyl (C=O) groups excluding carboxylic acids is 1. The van der Waals surface area contributed by atoms with Gasteiger partial charge in [-0.2, -0.15) is 0 Å². The molecule has 1 nitrogen and oxygen atoms in total. The number of rotatable bonds is 4. The van der Waals surface area contributed by atoms with E-state index in [1.807, 2.05) is 0 Å². The first-order chi connectivity index (χ1) is 4.57. The second-order valence-electron chi connectivity index (χ2n) is 3.08. The highest BCUT2D eigenvalue weighted by molar-refractivity contribution is 5.79. The number of hydrogen-bond acceptors (Lipinski definition) is 1. The molecule has 0 saturated heterocycles. The first kappa shape index (κ1) is 9.41. The Hall–Kier alpha value is -0.590. The Morgan fingerprint density at radius 1 is 1.60 bits per heavy atom. The smallest absolute Gasteiger partial charge is 0.136 e. The molecule has 10 heavy (non-hydrogen) atoms. The fourth-order valence-electron chi connectivity index (χ4n) is 0.936. The van der Waals surface area contributed by atoms with E-state index in [9.17, 15) is 4.79 Å². The van der Waals surface area contributed by atoms with E-state index in [-0.39, 0.29) is 11.7 Å². The molecule has 0 aromatic heterocycles. The molecule has 0 amide bonds. The van der Waals surface area contributed by atoms with Gasteiger partial charge in [0.25, 0.3) is 0 Å². The third kappa shape index (κ3) is 3.44. The van der Waals surface area contributed by atoms with Gasteiger partial charge in [0.1, 0.15) is 5.78 Å². The molecule has 0 aromatic carbocycles. The minimum Gasteiger partial charge on any atom is -0.299 e. The second kappa shape index (κ2) is 4.26. The van der Waals surface area contributed by atoms with Crippen LogP contribution in [-0.2, 0) is 4.79 Å². The van der Waals surface area contributed by atoms with E-state index in [1.54, 1.807) is 13.0 Å². The molecule has 0 aliphatic rings. The largest absolute Gasteiger partial charge is 0.299 e. The Morgan fingerprint density at radius 3 is 2.20 bits per heavy atom. The van der Waals surface area contributed by atoms with Gasteiger partial charge >= 0.3 is 0 Å². The molecule has 1 atom stereocenters. The SMILES string of the molecule is C=CC(CC(C)C)C(C)=O. The van der Waals surface area contributed by atoms with E-state index in [2.05, 4.69) is 20.4 Å². The van der Waals surface area contributed by atoms with Gasteiger partial charge in [0.2, 0.25) is 0 Å². The van der Waals surface area contributed by atoms with Gasteiger partial charge in [-0.1, -0.05) is 19.9 Å². The average Bonchev–Trinajstić information content (AvgIpc) is 1.81. The molecule has 0 N–H and O–H groups in total. The van der Waals surface area contributed by atoms with E-state index >= 15 is 0 Å².